The first-order chi connectivity index (χ1) is 10.2. The first-order valence-corrected chi connectivity index (χ1v) is 7.76. The van der Waals surface area contributed by atoms with E-state index in [2.05, 4.69) is 45.4 Å². The molecule has 0 bridgehead atoms. The second-order valence-electron chi connectivity index (χ2n) is 5.67. The minimum absolute atomic E-state index is 0.0517. The summed E-state index contributed by atoms with van der Waals surface area (Å²) in [4.78, 5) is 20.1. The van der Waals surface area contributed by atoms with E-state index in [4.69, 9.17) is 0 Å². The van der Waals surface area contributed by atoms with Crippen LogP contribution in [0, 0.1) is 0 Å². The molecule has 2 aliphatic rings. The van der Waals surface area contributed by atoms with Crippen LogP contribution in [0.5, 0.6) is 0 Å². The van der Waals surface area contributed by atoms with Gasteiger partial charge in [-0.1, -0.05) is 12.2 Å². The summed E-state index contributed by atoms with van der Waals surface area (Å²) < 4.78 is 0. The Morgan fingerprint density at radius 1 is 1.48 bits per heavy atom. The van der Waals surface area contributed by atoms with Gasteiger partial charge in [-0.15, -0.1) is 0 Å². The molecule has 0 unspecified atom stereocenters. The van der Waals surface area contributed by atoms with Crippen molar-refractivity contribution in [2.24, 2.45) is 4.99 Å². The Bertz CT molecular complexity index is 434. The maximum Gasteiger partial charge on any atom is 0.216 e. The van der Waals surface area contributed by atoms with Crippen LogP contribution in [0.15, 0.2) is 29.0 Å². The number of nitrogens with one attached hydrogen (secondary N) is 1. The third-order valence-corrected chi connectivity index (χ3v) is 4.11. The molecule has 0 atom stereocenters. The van der Waals surface area contributed by atoms with Crippen LogP contribution in [0.1, 0.15) is 26.2 Å². The molecule has 1 amide bonds. The molecule has 2 rings (SSSR count). The molecule has 0 radical (unpaired) electrons. The van der Waals surface area contributed by atoms with Crippen molar-refractivity contribution < 1.29 is 4.79 Å². The summed E-state index contributed by atoms with van der Waals surface area (Å²) in [5.41, 5.74) is 0. The molecule has 0 aromatic heterocycles. The van der Waals surface area contributed by atoms with Crippen molar-refractivity contribution in [1.29, 1.82) is 0 Å². The molecule has 0 spiro atoms. The third kappa shape index (κ3) is 5.01. The number of aliphatic imine (C=N–C) groups is 1. The van der Waals surface area contributed by atoms with Gasteiger partial charge < -0.3 is 15.1 Å². The number of rotatable bonds is 5. The highest BCUT2D eigenvalue weighted by molar-refractivity contribution is 5.72. The van der Waals surface area contributed by atoms with Crippen LogP contribution in [0.4, 0.5) is 0 Å². The number of likely N-dealkylation sites (tertiary alicyclic amines) is 1. The highest BCUT2D eigenvalue weighted by Gasteiger charge is 2.23. The van der Waals surface area contributed by atoms with Gasteiger partial charge in [-0.05, 0) is 18.9 Å². The molecule has 1 N–H and O–H groups in total. The predicted molar refractivity (Wildman–Crippen MR) is 86.2 cm³/mol. The molecule has 2 aliphatic heterocycles. The molecule has 21 heavy (non-hydrogen) atoms. The van der Waals surface area contributed by atoms with Crippen molar-refractivity contribution in [3.63, 3.8) is 0 Å². The average molecular weight is 290 g/mol. The lowest BCUT2D eigenvalue weighted by Gasteiger charge is -2.37. The first kappa shape index (κ1) is 15.8. The summed E-state index contributed by atoms with van der Waals surface area (Å²) >= 11 is 0. The molecule has 5 nitrogen and oxygen atoms in total. The van der Waals surface area contributed by atoms with Crippen molar-refractivity contribution >= 4 is 12.1 Å². The number of carbonyl (C=O) groups is 1. The summed E-state index contributed by atoms with van der Waals surface area (Å²) in [5, 5.41) is 2.86. The second-order valence-corrected chi connectivity index (χ2v) is 5.67. The van der Waals surface area contributed by atoms with E-state index >= 15 is 0 Å². The lowest BCUT2D eigenvalue weighted by molar-refractivity contribution is -0.119. The molecule has 0 aromatic rings. The lowest BCUT2D eigenvalue weighted by Crippen LogP contribution is -2.45. The normalized spacial score (nSPS) is 20.0. The van der Waals surface area contributed by atoms with Crippen LogP contribution in [0.3, 0.4) is 0 Å². The number of hydrogen-bond acceptors (Lipinski definition) is 4. The van der Waals surface area contributed by atoms with Gasteiger partial charge in [0.15, 0.2) is 0 Å². The number of nitrogens with zero attached hydrogens (tertiary/aromatic N) is 3. The van der Waals surface area contributed by atoms with Crippen molar-refractivity contribution in [3.8, 4) is 0 Å². The zero-order chi connectivity index (χ0) is 15.1. The largest absolute Gasteiger partial charge is 0.357 e. The van der Waals surface area contributed by atoms with Crippen molar-refractivity contribution in [2.75, 3.05) is 33.2 Å². The summed E-state index contributed by atoms with van der Waals surface area (Å²) in [5.74, 6) is 1.11. The fourth-order valence-electron chi connectivity index (χ4n) is 2.80. The number of carbonyl (C=O) groups excluding carboxylic acids is 1. The molecule has 2 heterocycles. The summed E-state index contributed by atoms with van der Waals surface area (Å²) in [6, 6.07) is 0.553. The van der Waals surface area contributed by atoms with Crippen molar-refractivity contribution in [1.82, 2.24) is 15.1 Å². The van der Waals surface area contributed by atoms with Gasteiger partial charge in [-0.2, -0.15) is 0 Å². The smallest absolute Gasteiger partial charge is 0.216 e. The van der Waals surface area contributed by atoms with E-state index in [-0.39, 0.29) is 5.91 Å². The van der Waals surface area contributed by atoms with Crippen molar-refractivity contribution in [2.45, 2.75) is 32.2 Å². The van der Waals surface area contributed by atoms with E-state index in [0.29, 0.717) is 6.04 Å². The molecule has 0 aliphatic carbocycles. The Kier molecular flexibility index (Phi) is 5.99. The summed E-state index contributed by atoms with van der Waals surface area (Å²) in [7, 11) is 2.14. The van der Waals surface area contributed by atoms with E-state index in [1.165, 1.54) is 0 Å². The van der Waals surface area contributed by atoms with E-state index in [0.717, 1.165) is 51.3 Å². The van der Waals surface area contributed by atoms with Gasteiger partial charge in [-0.25, -0.2) is 4.99 Å². The Hall–Kier alpha value is -1.62. The second kappa shape index (κ2) is 7.98. The minimum atomic E-state index is 0.0517. The molecule has 5 heteroatoms. The highest BCUT2D eigenvalue weighted by Crippen LogP contribution is 2.20. The Labute approximate surface area is 127 Å². The van der Waals surface area contributed by atoms with E-state index in [1.54, 1.807) is 6.92 Å². The molecular weight excluding hydrogens is 264 g/mol. The fraction of sp³-hybridized carbons (Fsp3) is 0.625. The predicted octanol–water partition coefficient (Wildman–Crippen LogP) is 1.39. The maximum absolute atomic E-state index is 10.9. The van der Waals surface area contributed by atoms with Crippen LogP contribution in [0.25, 0.3) is 0 Å². The van der Waals surface area contributed by atoms with E-state index < -0.39 is 0 Å². The molecule has 116 valence electrons. The summed E-state index contributed by atoms with van der Waals surface area (Å²) in [6.07, 6.45) is 11.5. The number of allylic oxidation sites excluding steroid dienone is 3. The maximum atomic E-state index is 10.9. The van der Waals surface area contributed by atoms with Gasteiger partial charge in [0.05, 0.1) is 0 Å². The Balaban J connectivity index is 1.76. The molecule has 0 saturated carbocycles. The highest BCUT2D eigenvalue weighted by atomic mass is 16.1. The van der Waals surface area contributed by atoms with Crippen LogP contribution in [0.2, 0.25) is 0 Å². The van der Waals surface area contributed by atoms with Gasteiger partial charge in [-0.3, -0.25) is 4.79 Å². The number of amides is 1. The Morgan fingerprint density at radius 3 is 2.95 bits per heavy atom. The standard InChI is InChI=1S/C16H26N4O/c1-14(21)17-10-13-20-11-7-15(8-12-20)19(2)16-6-4-3-5-9-18-16/h3-4,6,9,15H,5,7-8,10-13H2,1-2H3,(H,17,21). The zero-order valence-electron chi connectivity index (χ0n) is 13.1. The molecule has 1 saturated heterocycles. The van der Waals surface area contributed by atoms with Gasteiger partial charge in [0.2, 0.25) is 5.91 Å². The average Bonchev–Trinajstić information content (AvgIpc) is 2.76. The monoisotopic (exact) mass is 290 g/mol. The third-order valence-electron chi connectivity index (χ3n) is 4.11. The van der Waals surface area contributed by atoms with Gasteiger partial charge >= 0.3 is 0 Å². The number of hydrogen-bond donors (Lipinski definition) is 1. The van der Waals surface area contributed by atoms with Crippen LogP contribution < -0.4 is 5.32 Å². The fourth-order valence-corrected chi connectivity index (χ4v) is 2.80. The van der Waals surface area contributed by atoms with Gasteiger partial charge in [0, 0.05) is 58.8 Å². The van der Waals surface area contributed by atoms with Crippen LogP contribution >= 0.6 is 0 Å². The zero-order valence-corrected chi connectivity index (χ0v) is 13.1. The first-order valence-electron chi connectivity index (χ1n) is 7.76. The van der Waals surface area contributed by atoms with E-state index in [9.17, 15) is 4.79 Å². The lowest BCUT2D eigenvalue weighted by atomic mass is 10.0. The van der Waals surface area contributed by atoms with Gasteiger partial charge in [0.25, 0.3) is 0 Å². The minimum Gasteiger partial charge on any atom is -0.357 e. The van der Waals surface area contributed by atoms with Crippen LogP contribution in [-0.2, 0) is 4.79 Å². The van der Waals surface area contributed by atoms with Crippen LogP contribution in [-0.4, -0.2) is 61.2 Å². The molecule has 0 aromatic carbocycles. The molecular formula is C16H26N4O. The molecule has 1 fully saturated rings. The van der Waals surface area contributed by atoms with Crippen molar-refractivity contribution in [3.05, 3.63) is 24.0 Å². The number of piperidine rings is 1. The SMILES string of the molecule is CC(=O)NCCN1CCC(N(C)C2=CC=CCC=N2)CC1. The Morgan fingerprint density at radius 2 is 2.24 bits per heavy atom. The van der Waals surface area contributed by atoms with E-state index in [1.807, 2.05) is 6.21 Å². The quantitative estimate of drug-likeness (QED) is 0.832. The van der Waals surface area contributed by atoms with Gasteiger partial charge in [0.1, 0.15) is 5.82 Å². The topological polar surface area (TPSA) is 47.9 Å². The summed E-state index contributed by atoms with van der Waals surface area (Å²) in [6.45, 7) is 5.43.